The van der Waals surface area contributed by atoms with Gasteiger partial charge in [-0.2, -0.15) is 0 Å². The van der Waals surface area contributed by atoms with E-state index < -0.39 is 0 Å². The molecule has 0 atom stereocenters. The molecule has 0 saturated carbocycles. The van der Waals surface area contributed by atoms with E-state index in [0.29, 0.717) is 0 Å². The minimum absolute atomic E-state index is 0.191. The van der Waals surface area contributed by atoms with Crippen molar-refractivity contribution in [3.05, 3.63) is 32.8 Å². The van der Waals surface area contributed by atoms with Crippen LogP contribution in [-0.4, -0.2) is 18.0 Å². The van der Waals surface area contributed by atoms with Crippen molar-refractivity contribution in [2.24, 2.45) is 0 Å². The summed E-state index contributed by atoms with van der Waals surface area (Å²) in [5, 5.41) is 11.0. The Labute approximate surface area is 103 Å². The molecule has 1 aliphatic heterocycles. The summed E-state index contributed by atoms with van der Waals surface area (Å²) in [4.78, 5) is 12.8. The molecular weight excluding hydrogens is 272 g/mol. The quantitative estimate of drug-likeness (QED) is 0.618. The van der Waals surface area contributed by atoms with Gasteiger partial charge in [0.05, 0.1) is 4.92 Å². The minimum Gasteiger partial charge on any atom is -0.366 e. The molecule has 16 heavy (non-hydrogen) atoms. The standard InChI is InChI=1S/C11H13BrN2O2/c12-9-4-5-10(11(8-9)14(15)16)13-6-2-1-3-7-13/h4-5,8H,1-3,6-7H2. The Balaban J connectivity index is 2.34. The van der Waals surface area contributed by atoms with Crippen LogP contribution < -0.4 is 4.90 Å². The minimum atomic E-state index is -0.311. The number of hydrogen-bond donors (Lipinski definition) is 0. The van der Waals surface area contributed by atoms with Crippen molar-refractivity contribution < 1.29 is 4.92 Å². The van der Waals surface area contributed by atoms with Gasteiger partial charge in [-0.3, -0.25) is 10.1 Å². The van der Waals surface area contributed by atoms with E-state index in [1.165, 1.54) is 6.42 Å². The van der Waals surface area contributed by atoms with Crippen molar-refractivity contribution in [2.45, 2.75) is 19.3 Å². The van der Waals surface area contributed by atoms with Gasteiger partial charge in [-0.05, 0) is 31.4 Å². The SMILES string of the molecule is O=[N+]([O-])c1cc(Br)ccc1N1CCCCC1. The largest absolute Gasteiger partial charge is 0.366 e. The molecule has 0 spiro atoms. The maximum absolute atomic E-state index is 11.0. The lowest BCUT2D eigenvalue weighted by molar-refractivity contribution is -0.384. The van der Waals surface area contributed by atoms with Crippen molar-refractivity contribution in [3.63, 3.8) is 0 Å². The third-order valence-electron chi connectivity index (χ3n) is 2.83. The molecular formula is C11H13BrN2O2. The Morgan fingerprint density at radius 1 is 1.25 bits per heavy atom. The summed E-state index contributed by atoms with van der Waals surface area (Å²) in [5.74, 6) is 0. The van der Waals surface area contributed by atoms with Gasteiger partial charge >= 0.3 is 0 Å². The number of nitrogens with zero attached hydrogens (tertiary/aromatic N) is 2. The van der Waals surface area contributed by atoms with E-state index in [0.717, 1.165) is 36.1 Å². The Kier molecular flexibility index (Phi) is 3.43. The van der Waals surface area contributed by atoms with Crippen molar-refractivity contribution in [2.75, 3.05) is 18.0 Å². The Morgan fingerprint density at radius 3 is 2.56 bits per heavy atom. The summed E-state index contributed by atoms with van der Waals surface area (Å²) < 4.78 is 0.750. The summed E-state index contributed by atoms with van der Waals surface area (Å²) in [6.45, 7) is 1.84. The maximum atomic E-state index is 11.0. The van der Waals surface area contributed by atoms with Gasteiger partial charge in [0.25, 0.3) is 5.69 Å². The number of rotatable bonds is 2. The molecule has 0 aromatic heterocycles. The molecule has 1 aromatic rings. The molecule has 5 heteroatoms. The van der Waals surface area contributed by atoms with Crippen molar-refractivity contribution in [1.29, 1.82) is 0 Å². The lowest BCUT2D eigenvalue weighted by atomic mass is 10.1. The van der Waals surface area contributed by atoms with Crippen LogP contribution in [0, 0.1) is 10.1 Å². The zero-order chi connectivity index (χ0) is 11.5. The summed E-state index contributed by atoms with van der Waals surface area (Å²) >= 11 is 3.27. The monoisotopic (exact) mass is 284 g/mol. The van der Waals surface area contributed by atoms with Gasteiger partial charge in [0.2, 0.25) is 0 Å². The van der Waals surface area contributed by atoms with Crippen molar-refractivity contribution >= 4 is 27.3 Å². The van der Waals surface area contributed by atoms with Gasteiger partial charge in [0, 0.05) is 23.6 Å². The van der Waals surface area contributed by atoms with Crippen molar-refractivity contribution in [1.82, 2.24) is 0 Å². The zero-order valence-corrected chi connectivity index (χ0v) is 10.4. The van der Waals surface area contributed by atoms with E-state index >= 15 is 0 Å². The number of halogens is 1. The molecule has 0 N–H and O–H groups in total. The van der Waals surface area contributed by atoms with Crippen LogP contribution in [0.2, 0.25) is 0 Å². The molecule has 4 nitrogen and oxygen atoms in total. The summed E-state index contributed by atoms with van der Waals surface area (Å²) in [5.41, 5.74) is 0.934. The van der Waals surface area contributed by atoms with Crippen LogP contribution in [0.4, 0.5) is 11.4 Å². The molecule has 86 valence electrons. The molecule has 0 bridgehead atoms. The van der Waals surface area contributed by atoms with Gasteiger partial charge in [-0.15, -0.1) is 0 Å². The molecule has 1 saturated heterocycles. The highest BCUT2D eigenvalue weighted by Crippen LogP contribution is 2.32. The van der Waals surface area contributed by atoms with Crippen LogP contribution in [0.3, 0.4) is 0 Å². The highest BCUT2D eigenvalue weighted by molar-refractivity contribution is 9.10. The van der Waals surface area contributed by atoms with Crippen LogP contribution >= 0.6 is 15.9 Å². The molecule has 0 unspecified atom stereocenters. The predicted molar refractivity (Wildman–Crippen MR) is 66.9 cm³/mol. The maximum Gasteiger partial charge on any atom is 0.293 e. The number of hydrogen-bond acceptors (Lipinski definition) is 3. The summed E-state index contributed by atoms with van der Waals surface area (Å²) in [6, 6.07) is 5.26. The zero-order valence-electron chi connectivity index (χ0n) is 8.86. The van der Waals surface area contributed by atoms with E-state index in [4.69, 9.17) is 0 Å². The number of anilines is 1. The first kappa shape index (κ1) is 11.4. The van der Waals surface area contributed by atoms with Crippen LogP contribution in [0.15, 0.2) is 22.7 Å². The van der Waals surface area contributed by atoms with E-state index in [-0.39, 0.29) is 10.6 Å². The lowest BCUT2D eigenvalue weighted by Crippen LogP contribution is -2.29. The molecule has 1 aliphatic rings. The van der Waals surface area contributed by atoms with Crippen molar-refractivity contribution in [3.8, 4) is 0 Å². The van der Waals surface area contributed by atoms with Crippen LogP contribution in [-0.2, 0) is 0 Å². The molecule has 1 heterocycles. The second kappa shape index (κ2) is 4.82. The first-order valence-corrected chi connectivity index (χ1v) is 6.16. The molecule has 0 radical (unpaired) electrons. The normalized spacial score (nSPS) is 16.2. The highest BCUT2D eigenvalue weighted by atomic mass is 79.9. The van der Waals surface area contributed by atoms with Gasteiger partial charge < -0.3 is 4.90 Å². The second-order valence-electron chi connectivity index (χ2n) is 3.94. The van der Waals surface area contributed by atoms with Crippen LogP contribution in [0.5, 0.6) is 0 Å². The highest BCUT2D eigenvalue weighted by Gasteiger charge is 2.20. The average Bonchev–Trinajstić information content (AvgIpc) is 2.30. The second-order valence-corrected chi connectivity index (χ2v) is 4.85. The van der Waals surface area contributed by atoms with E-state index in [9.17, 15) is 10.1 Å². The third kappa shape index (κ3) is 2.35. The number of nitro benzene ring substituents is 1. The first-order valence-electron chi connectivity index (χ1n) is 5.37. The van der Waals surface area contributed by atoms with Gasteiger partial charge in [-0.1, -0.05) is 15.9 Å². The molecule has 0 aliphatic carbocycles. The molecule has 1 aromatic carbocycles. The predicted octanol–water partition coefficient (Wildman–Crippen LogP) is 3.35. The Morgan fingerprint density at radius 2 is 1.94 bits per heavy atom. The molecule has 2 rings (SSSR count). The summed E-state index contributed by atoms with van der Waals surface area (Å²) in [7, 11) is 0. The number of benzene rings is 1. The summed E-state index contributed by atoms with van der Waals surface area (Å²) in [6.07, 6.45) is 3.46. The lowest BCUT2D eigenvalue weighted by Gasteiger charge is -2.28. The fourth-order valence-corrected chi connectivity index (χ4v) is 2.39. The van der Waals surface area contributed by atoms with Gasteiger partial charge in [0.1, 0.15) is 5.69 Å². The van der Waals surface area contributed by atoms with Crippen LogP contribution in [0.1, 0.15) is 19.3 Å². The van der Waals surface area contributed by atoms with Crippen LogP contribution in [0.25, 0.3) is 0 Å². The fraction of sp³-hybridized carbons (Fsp3) is 0.455. The molecule has 1 fully saturated rings. The smallest absolute Gasteiger partial charge is 0.293 e. The molecule has 0 amide bonds. The van der Waals surface area contributed by atoms with E-state index in [2.05, 4.69) is 20.8 Å². The number of nitro groups is 1. The topological polar surface area (TPSA) is 46.4 Å². The van der Waals surface area contributed by atoms with Gasteiger partial charge in [-0.25, -0.2) is 0 Å². The van der Waals surface area contributed by atoms with E-state index in [1.807, 2.05) is 12.1 Å². The number of piperidine rings is 1. The van der Waals surface area contributed by atoms with Gasteiger partial charge in [0.15, 0.2) is 0 Å². The third-order valence-corrected chi connectivity index (χ3v) is 3.32. The average molecular weight is 285 g/mol. The first-order chi connectivity index (χ1) is 7.68. The Bertz CT molecular complexity index is 403. The fourth-order valence-electron chi connectivity index (χ4n) is 2.05. The Hall–Kier alpha value is -1.10. The van der Waals surface area contributed by atoms with E-state index in [1.54, 1.807) is 6.07 Å².